The molecule has 4 N–H and O–H groups in total. The van der Waals surface area contributed by atoms with Crippen molar-refractivity contribution in [2.75, 3.05) is 26.5 Å². The van der Waals surface area contributed by atoms with E-state index < -0.39 is 50.3 Å². The Balaban J connectivity index is -0.00000216. The fourth-order valence-corrected chi connectivity index (χ4v) is 8.94. The smallest absolute Gasteiger partial charge is 0.312 e. The van der Waals surface area contributed by atoms with Gasteiger partial charge in [-0.15, -0.1) is 0 Å². The molecule has 0 aliphatic carbocycles. The van der Waals surface area contributed by atoms with Gasteiger partial charge in [0, 0.05) is 57.1 Å². The first kappa shape index (κ1) is 70.1. The van der Waals surface area contributed by atoms with Gasteiger partial charge in [-0.1, -0.05) is 144 Å². The Bertz CT molecular complexity index is 1460. The van der Waals surface area contributed by atoms with Crippen LogP contribution in [0.25, 0.3) is 0 Å². The summed E-state index contributed by atoms with van der Waals surface area (Å²) in [5.74, 6) is -1.22. The van der Waals surface area contributed by atoms with Gasteiger partial charge in [-0.25, -0.2) is 0 Å². The predicted molar refractivity (Wildman–Crippen MR) is 264 cm³/mol. The molecule has 0 aromatic heterocycles. The van der Waals surface area contributed by atoms with Gasteiger partial charge in [-0.3, -0.25) is 24.0 Å². The quantitative estimate of drug-likeness (QED) is 0.0301. The molecule has 11 nitrogen and oxygen atoms in total. The molecule has 2 amide bonds. The van der Waals surface area contributed by atoms with E-state index in [2.05, 4.69) is 72.9 Å². The van der Waals surface area contributed by atoms with E-state index in [4.69, 9.17) is 19.7 Å². The Morgan fingerprint density at radius 2 is 1.17 bits per heavy atom. The fourth-order valence-electron chi connectivity index (χ4n) is 8.94. The molecular formula is C53H103N2O9Y-. The summed E-state index contributed by atoms with van der Waals surface area (Å²) in [7, 11) is 0. The molecule has 0 aliphatic heterocycles. The Morgan fingerprint density at radius 3 is 1.52 bits per heavy atom. The van der Waals surface area contributed by atoms with Gasteiger partial charge in [0.25, 0.3) is 0 Å². The second-order valence-electron chi connectivity index (χ2n) is 24.0. The van der Waals surface area contributed by atoms with Crippen LogP contribution in [0.1, 0.15) is 204 Å². The molecule has 1 radical (unpaired) electrons. The predicted octanol–water partition coefficient (Wildman–Crippen LogP) is 11.2. The van der Waals surface area contributed by atoms with Crippen molar-refractivity contribution < 1.29 is 76.4 Å². The first-order chi connectivity index (χ1) is 28.2. The fraction of sp³-hybridized carbons (Fsp3) is 0.887. The van der Waals surface area contributed by atoms with E-state index in [1.54, 1.807) is 13.8 Å². The molecular weight excluding hydrogens is 897 g/mol. The van der Waals surface area contributed by atoms with Crippen LogP contribution in [0.5, 0.6) is 0 Å². The van der Waals surface area contributed by atoms with Gasteiger partial charge >= 0.3 is 11.9 Å². The molecule has 12 heteroatoms. The zero-order valence-corrected chi connectivity index (χ0v) is 49.3. The summed E-state index contributed by atoms with van der Waals surface area (Å²) in [5, 5.41) is 22.3. The summed E-state index contributed by atoms with van der Waals surface area (Å²) in [5.41, 5.74) is -4.99. The minimum atomic E-state index is -1.05. The summed E-state index contributed by atoms with van der Waals surface area (Å²) >= 11 is 0. The van der Waals surface area contributed by atoms with Gasteiger partial charge in [0.15, 0.2) is 0 Å². The first-order valence-corrected chi connectivity index (χ1v) is 23.9. The molecule has 0 saturated heterocycles. The molecule has 6 atom stereocenters. The van der Waals surface area contributed by atoms with Crippen molar-refractivity contribution in [3.63, 3.8) is 0 Å². The zero-order chi connectivity index (χ0) is 50.4. The van der Waals surface area contributed by atoms with E-state index in [1.807, 2.05) is 83.1 Å². The van der Waals surface area contributed by atoms with E-state index in [1.165, 1.54) is 0 Å². The van der Waals surface area contributed by atoms with Gasteiger partial charge in [-0.05, 0) is 98.7 Å². The van der Waals surface area contributed by atoms with Crippen LogP contribution < -0.4 is 10.6 Å². The van der Waals surface area contributed by atoms with Crippen LogP contribution in [0, 0.1) is 74.4 Å². The normalized spacial score (nSPS) is 16.3. The van der Waals surface area contributed by atoms with Crippen LogP contribution in [-0.4, -0.2) is 72.3 Å². The minimum absolute atomic E-state index is 0. The Morgan fingerprint density at radius 1 is 0.692 bits per heavy atom. The van der Waals surface area contributed by atoms with E-state index in [-0.39, 0.29) is 113 Å². The molecule has 0 bridgehead atoms. The molecule has 0 saturated carbocycles. The number of ether oxygens (including phenoxy) is 2. The number of aliphatic hydroxyl groups is 2. The number of rotatable bonds is 25. The number of hydrogen-bond donors (Lipinski definition) is 4. The summed E-state index contributed by atoms with van der Waals surface area (Å²) in [6, 6.07) is 0. The molecule has 0 aromatic rings. The molecule has 383 valence electrons. The number of nitrogens with one attached hydrogen (secondary N) is 2. The average molecular weight is 1000 g/mol. The Hall–Kier alpha value is -1.43. The number of amides is 2. The number of ketones is 1. The van der Waals surface area contributed by atoms with Crippen molar-refractivity contribution >= 4 is 29.5 Å². The molecule has 0 fully saturated rings. The average Bonchev–Trinajstić information content (AvgIpc) is 3.11. The number of carbonyl (C=O) groups excluding carboxylic acids is 5. The summed E-state index contributed by atoms with van der Waals surface area (Å²) in [6.07, 6.45) is 4.71. The molecule has 6 unspecified atom stereocenters. The second-order valence-corrected chi connectivity index (χ2v) is 24.0. The van der Waals surface area contributed by atoms with E-state index >= 15 is 0 Å². The molecule has 0 aromatic carbocycles. The van der Waals surface area contributed by atoms with Crippen LogP contribution in [-0.2, 0) is 66.2 Å². The largest absolute Gasteiger partial charge is 0.462 e. The van der Waals surface area contributed by atoms with Crippen LogP contribution in [0.4, 0.5) is 0 Å². The summed E-state index contributed by atoms with van der Waals surface area (Å²) < 4.78 is 11.8. The molecule has 0 rings (SSSR count). The van der Waals surface area contributed by atoms with Gasteiger partial charge in [0.2, 0.25) is 11.8 Å². The number of aliphatic hydroxyl groups excluding tert-OH is 2. The molecule has 0 spiro atoms. The van der Waals surface area contributed by atoms with Crippen molar-refractivity contribution in [3.8, 4) is 0 Å². The van der Waals surface area contributed by atoms with Crippen molar-refractivity contribution in [1.82, 2.24) is 10.6 Å². The summed E-state index contributed by atoms with van der Waals surface area (Å²) in [4.78, 5) is 67.8. The third-order valence-electron chi connectivity index (χ3n) is 15.8. The number of esters is 2. The van der Waals surface area contributed by atoms with E-state index in [9.17, 15) is 24.0 Å². The standard InChI is InChI=1S/C48H90N2O7.C4H10O2.CH3.Y/c1-23-25-35(24-2)43(13,14)29-36(38(53)50-31-49-37(52)28-32(3)4)45(17,18)33(5)48(22,42(10,11)12)40(55)57-27-26-56-39(54)46(19,20)44(15,16)30-47(21,34(6)51)41(7,8)9;1-4(6)2-3-5;;/h32-33,35-36H,23-31H2,1-22H3,(H,49,52)(H,50,53);4-6H,2-3H2,1H3;1H3;/q;;-1;. The molecule has 0 aliphatic rings. The molecule has 0 heterocycles. The first-order valence-electron chi connectivity index (χ1n) is 23.9. The minimum Gasteiger partial charge on any atom is -0.462 e. The van der Waals surface area contributed by atoms with Gasteiger partial charge in [0.05, 0.1) is 23.6 Å². The van der Waals surface area contributed by atoms with Crippen LogP contribution in [0.2, 0.25) is 0 Å². The van der Waals surface area contributed by atoms with E-state index in [0.717, 1.165) is 19.3 Å². The van der Waals surface area contributed by atoms with Crippen molar-refractivity contribution in [2.24, 2.45) is 67.0 Å². The number of Topliss-reactive ketones (excluding diaryl/α,β-unsaturated/α-hetero) is 1. The SMILES string of the molecule is CC(O)CCO.CCCC(CC)C(C)(C)CC(C(=O)NCNC(=O)CC(C)C)C(C)(C)C(C)C(C)(C(=O)OCCOC(=O)C(C)(C)C(C)(C)CC(C)(C(C)=O)C(C)(C)C)C(C)(C)C.[CH3-].[Y]. The van der Waals surface area contributed by atoms with Crippen molar-refractivity contribution in [3.05, 3.63) is 7.43 Å². The van der Waals surface area contributed by atoms with Crippen LogP contribution in [0.3, 0.4) is 0 Å². The summed E-state index contributed by atoms with van der Waals surface area (Å²) in [6.45, 7) is 46.1. The van der Waals surface area contributed by atoms with Gasteiger partial charge < -0.3 is 37.7 Å². The second kappa shape index (κ2) is 28.3. The van der Waals surface area contributed by atoms with Crippen LogP contribution in [0.15, 0.2) is 0 Å². The number of hydrogen-bond acceptors (Lipinski definition) is 9. The van der Waals surface area contributed by atoms with E-state index in [0.29, 0.717) is 31.6 Å². The van der Waals surface area contributed by atoms with Crippen molar-refractivity contribution in [1.29, 1.82) is 0 Å². The monoisotopic (exact) mass is 1000 g/mol. The maximum absolute atomic E-state index is 14.4. The van der Waals surface area contributed by atoms with Crippen molar-refractivity contribution in [2.45, 2.75) is 210 Å². The maximum Gasteiger partial charge on any atom is 0.312 e. The maximum atomic E-state index is 14.4. The number of carbonyl (C=O) groups is 5. The van der Waals surface area contributed by atoms with Gasteiger partial charge in [-0.2, -0.15) is 0 Å². The van der Waals surface area contributed by atoms with Crippen LogP contribution >= 0.6 is 0 Å². The zero-order valence-electron chi connectivity index (χ0n) is 46.5. The third kappa shape index (κ3) is 19.8. The molecule has 65 heavy (non-hydrogen) atoms. The third-order valence-corrected chi connectivity index (χ3v) is 15.8. The van der Waals surface area contributed by atoms with Gasteiger partial charge in [0.1, 0.15) is 19.0 Å². The Labute approximate surface area is 425 Å². The Kier molecular flexibility index (Phi) is 30.5. The topological polar surface area (TPSA) is 168 Å².